The summed E-state index contributed by atoms with van der Waals surface area (Å²) in [7, 11) is -8.35. The SMILES string of the molecule is C.C[C@@]1(F)[C@H](O)[C@@H](COP(=O)(NCCC2=CCc3ccccc32)OCc2ccccc2)O[C@@]1(C#N)c1cnc2c(N)ncnn12.Cc1ncnn2c([C@]3(C#N)O[C@H](COP(=O)(O)NCCC4=CCc5ccccc54)[C@@H](O)[C@@]3(C)F)cnc12. The Bertz CT molecular complexity index is 3740. The molecule has 11 rings (SSSR count). The van der Waals surface area contributed by atoms with Crippen molar-refractivity contribution in [2.45, 2.75) is 107 Å². The van der Waals surface area contributed by atoms with Gasteiger partial charge in [-0.05, 0) is 85.4 Å². The largest absolute Gasteiger partial charge is 0.405 e. The molecule has 2 unspecified atom stereocenters. The number of nitrogens with zero attached hydrogens (tertiary/aromatic N) is 10. The lowest BCUT2D eigenvalue weighted by Gasteiger charge is -2.30. The minimum atomic E-state index is -4.32. The molecule has 0 amide bonds. The maximum absolute atomic E-state index is 16.4. The standard InChI is InChI=1S/C30H31FN7O5P.C24H26FN6O5P.CH4/c1-29(31)26(39)24(43-30(29,18-32)25-15-34-28-27(33)35-19-36-38(25)28)17-42-44(40,41-16-20-7-3-2-4-8-20)37-14-13-22-12-11-21-9-5-6-10-23(21)22;1-15-22-27-11-20(31(22)29-14-28-15)24(13-26)23(2,25)21(32)19(36-24)12-35-37(33,34)30-10-9-17-8-7-16-5-3-4-6-18(16)17;/h2-10,12,15,19,24,26,39H,11,13-14,16-17H2,1H3,(H,37,40)(H2,33,35,36);3-6,8,11,14,19,21,32H,7,9-10,12H2,1-2H3,(H2,30,33,34);1H4/t24-,26-,29-,30+,44?;19-,21-,23-,24+;/m11./s1. The molecule has 2 saturated heterocycles. The van der Waals surface area contributed by atoms with Crippen molar-refractivity contribution in [3.63, 3.8) is 0 Å². The van der Waals surface area contributed by atoms with E-state index in [0.29, 0.717) is 24.2 Å². The second-order valence-electron chi connectivity index (χ2n) is 20.1. The van der Waals surface area contributed by atoms with E-state index in [9.17, 15) is 34.8 Å². The van der Waals surface area contributed by atoms with Crippen LogP contribution in [0.25, 0.3) is 22.4 Å². The van der Waals surface area contributed by atoms with Crippen LogP contribution in [0, 0.1) is 29.6 Å². The third-order valence-electron chi connectivity index (χ3n) is 15.0. The summed E-state index contributed by atoms with van der Waals surface area (Å²) in [6.45, 7) is 2.94. The zero-order chi connectivity index (χ0) is 57.4. The summed E-state index contributed by atoms with van der Waals surface area (Å²) >= 11 is 0. The molecule has 2 aliphatic heterocycles. The molecule has 10 atom stereocenters. The number of ether oxygens (including phenoxy) is 2. The van der Waals surface area contributed by atoms with E-state index in [1.165, 1.54) is 34.4 Å². The summed E-state index contributed by atoms with van der Waals surface area (Å²) in [6, 6.07) is 28.9. The van der Waals surface area contributed by atoms with Crippen molar-refractivity contribution in [3.8, 4) is 12.1 Å². The Labute approximate surface area is 470 Å². The smallest absolute Gasteiger partial charge is 0.387 e. The molecule has 430 valence electrons. The van der Waals surface area contributed by atoms with Gasteiger partial charge in [0.15, 0.2) is 28.4 Å². The van der Waals surface area contributed by atoms with Gasteiger partial charge in [-0.1, -0.05) is 98.4 Å². The van der Waals surface area contributed by atoms with Crippen LogP contribution in [0.1, 0.15) is 79.0 Å². The average molecular weight is 1160 g/mol. The molecular weight excluding hydrogens is 1100 g/mol. The van der Waals surface area contributed by atoms with E-state index in [0.717, 1.165) is 65.4 Å². The summed E-state index contributed by atoms with van der Waals surface area (Å²) in [5.41, 5.74) is 4.30. The third kappa shape index (κ3) is 11.0. The van der Waals surface area contributed by atoms with Crippen LogP contribution in [0.15, 0.2) is 116 Å². The van der Waals surface area contributed by atoms with Gasteiger partial charge < -0.3 is 30.3 Å². The molecule has 0 radical (unpaired) electrons. The van der Waals surface area contributed by atoms with Crippen LogP contribution in [-0.2, 0) is 62.8 Å². The number of nitriles is 2. The predicted molar refractivity (Wildman–Crippen MR) is 295 cm³/mol. The number of nitrogen functional groups attached to an aromatic ring is 1. The molecule has 7 N–H and O–H groups in total. The fourth-order valence-corrected chi connectivity index (χ4v) is 12.7. The minimum Gasteiger partial charge on any atom is -0.387 e. The fraction of sp³-hybridized carbons (Fsp3) is 0.382. The van der Waals surface area contributed by atoms with E-state index in [1.54, 1.807) is 6.92 Å². The van der Waals surface area contributed by atoms with Crippen LogP contribution in [0.5, 0.6) is 0 Å². The van der Waals surface area contributed by atoms with Crippen molar-refractivity contribution in [1.82, 2.24) is 49.3 Å². The highest BCUT2D eigenvalue weighted by Gasteiger charge is 2.69. The predicted octanol–water partition coefficient (Wildman–Crippen LogP) is 6.89. The van der Waals surface area contributed by atoms with Crippen LogP contribution in [-0.4, -0.2) is 116 Å². The fourth-order valence-electron chi connectivity index (χ4n) is 10.5. The second-order valence-corrected chi connectivity index (χ2v) is 23.5. The highest BCUT2D eigenvalue weighted by molar-refractivity contribution is 7.51. The number of hydrogen-bond acceptors (Lipinski definition) is 18. The van der Waals surface area contributed by atoms with E-state index >= 15 is 8.78 Å². The maximum atomic E-state index is 16.4. The number of hydrogen-bond donors (Lipinski definition) is 6. The summed E-state index contributed by atoms with van der Waals surface area (Å²) in [5.74, 6) is 0.0118. The van der Waals surface area contributed by atoms with Gasteiger partial charge in [-0.15, -0.1) is 0 Å². The first-order valence-corrected chi connectivity index (χ1v) is 28.9. The van der Waals surface area contributed by atoms with Gasteiger partial charge >= 0.3 is 15.5 Å². The number of anilines is 1. The lowest BCUT2D eigenvalue weighted by Crippen LogP contribution is -2.48. The zero-order valence-electron chi connectivity index (χ0n) is 44.0. The number of halogens is 2. The van der Waals surface area contributed by atoms with Crippen molar-refractivity contribution in [3.05, 3.63) is 161 Å². The van der Waals surface area contributed by atoms with Gasteiger partial charge in [0.25, 0.3) is 0 Å². The molecule has 7 aromatic rings. The number of nitrogens with one attached hydrogen (secondary N) is 2. The van der Waals surface area contributed by atoms with Crippen molar-refractivity contribution < 1.29 is 56.1 Å². The summed E-state index contributed by atoms with van der Waals surface area (Å²) in [6.07, 6.45) is 5.18. The monoisotopic (exact) mass is 1160 g/mol. The quantitative estimate of drug-likeness (QED) is 0.0449. The maximum Gasteiger partial charge on any atom is 0.405 e. The number of aliphatic hydroxyl groups excluding tert-OH is 2. The highest BCUT2D eigenvalue weighted by atomic mass is 31.2. The van der Waals surface area contributed by atoms with Crippen LogP contribution >= 0.6 is 15.5 Å². The first-order chi connectivity index (χ1) is 38.8. The molecule has 2 fully saturated rings. The van der Waals surface area contributed by atoms with E-state index in [1.807, 2.05) is 78.9 Å². The summed E-state index contributed by atoms with van der Waals surface area (Å²) < 4.78 is 89.7. The number of rotatable bonds is 19. The molecule has 6 heterocycles. The number of aryl methyl sites for hydroxylation is 1. The number of aromatic nitrogens is 8. The van der Waals surface area contributed by atoms with Crippen molar-refractivity contribution in [2.75, 3.05) is 32.0 Å². The topological polar surface area (TPSA) is 325 Å². The number of imidazole rings is 2. The Morgan fingerprint density at radius 2 is 1.21 bits per heavy atom. The van der Waals surface area contributed by atoms with E-state index < -0.39 is 75.7 Å². The molecule has 0 saturated carbocycles. The highest BCUT2D eigenvalue weighted by Crippen LogP contribution is 2.53. The molecule has 0 bridgehead atoms. The Morgan fingerprint density at radius 1 is 0.720 bits per heavy atom. The van der Waals surface area contributed by atoms with Crippen LogP contribution in [0.2, 0.25) is 0 Å². The van der Waals surface area contributed by atoms with Gasteiger partial charge in [-0.3, -0.25) is 13.6 Å². The van der Waals surface area contributed by atoms with E-state index in [2.05, 4.69) is 64.6 Å². The molecule has 2 aliphatic carbocycles. The number of fused-ring (bicyclic) bond motifs is 4. The lowest BCUT2D eigenvalue weighted by atomic mass is 9.82. The second kappa shape index (κ2) is 23.7. The first kappa shape index (κ1) is 59.6. The molecule has 4 aromatic heterocycles. The summed E-state index contributed by atoms with van der Waals surface area (Å²) in [4.78, 5) is 26.4. The van der Waals surface area contributed by atoms with E-state index in [-0.39, 0.29) is 50.0 Å². The number of aliphatic hydroxyl groups is 2. The molecule has 4 aliphatic rings. The van der Waals surface area contributed by atoms with Gasteiger partial charge in [0, 0.05) is 13.1 Å². The average Bonchev–Trinajstić information content (AvgIpc) is 3.66. The van der Waals surface area contributed by atoms with Crippen molar-refractivity contribution in [2.24, 2.45) is 0 Å². The van der Waals surface area contributed by atoms with Crippen LogP contribution in [0.3, 0.4) is 0 Å². The van der Waals surface area contributed by atoms with Gasteiger partial charge in [-0.25, -0.2) is 57.1 Å². The molecule has 3 aromatic carbocycles. The van der Waals surface area contributed by atoms with Gasteiger partial charge in [0.1, 0.15) is 60.6 Å². The Hall–Kier alpha value is -7.06. The summed E-state index contributed by atoms with van der Waals surface area (Å²) in [5, 5.41) is 55.5. The molecule has 23 nitrogen and oxygen atoms in total. The third-order valence-corrected chi connectivity index (χ3v) is 17.7. The molecule has 0 spiro atoms. The molecule has 27 heteroatoms. The Balaban J connectivity index is 0.000000198. The minimum absolute atomic E-state index is 0. The molecule has 82 heavy (non-hydrogen) atoms. The van der Waals surface area contributed by atoms with Gasteiger partial charge in [0.05, 0.1) is 37.9 Å². The van der Waals surface area contributed by atoms with Crippen LogP contribution in [0.4, 0.5) is 14.6 Å². The van der Waals surface area contributed by atoms with Crippen molar-refractivity contribution in [1.29, 1.82) is 10.5 Å². The Morgan fingerprint density at radius 3 is 1.77 bits per heavy atom. The van der Waals surface area contributed by atoms with Crippen LogP contribution < -0.4 is 15.9 Å². The molecular formula is C55H61F2N13O10P2. The zero-order valence-corrected chi connectivity index (χ0v) is 45.8. The lowest BCUT2D eigenvalue weighted by molar-refractivity contribution is -0.0708. The normalized spacial score (nSPS) is 26.8. The van der Waals surface area contributed by atoms with E-state index in [4.69, 9.17) is 28.8 Å². The number of allylic oxidation sites excluding steroid dienone is 2. The first-order valence-electron chi connectivity index (χ1n) is 25.7. The Kier molecular flexibility index (Phi) is 17.2. The number of nitrogens with two attached hydrogens (primary N) is 1. The number of benzene rings is 3. The number of alkyl halides is 2. The van der Waals surface area contributed by atoms with Crippen molar-refractivity contribution >= 4 is 43.8 Å². The van der Waals surface area contributed by atoms with Gasteiger partial charge in [-0.2, -0.15) is 20.7 Å². The van der Waals surface area contributed by atoms with Gasteiger partial charge in [0.2, 0.25) is 11.2 Å².